The van der Waals surface area contributed by atoms with Gasteiger partial charge in [-0.1, -0.05) is 0 Å². The van der Waals surface area contributed by atoms with E-state index in [1.807, 2.05) is 19.2 Å². The Morgan fingerprint density at radius 3 is 2.67 bits per heavy atom. The van der Waals surface area contributed by atoms with Gasteiger partial charge in [-0.2, -0.15) is 11.3 Å². The smallest absolute Gasteiger partial charge is 0.0985 e. The van der Waals surface area contributed by atoms with Crippen LogP contribution in [-0.4, -0.2) is 25.9 Å². The minimum atomic E-state index is -0.0404. The molecule has 2 N–H and O–H groups in total. The molecule has 0 aliphatic carbocycles. The molecule has 1 rings (SSSR count). The average molecular weight is 229 g/mol. The van der Waals surface area contributed by atoms with E-state index in [-0.39, 0.29) is 18.2 Å². The highest BCUT2D eigenvalue weighted by atomic mass is 32.1. The zero-order chi connectivity index (χ0) is 11.3. The van der Waals surface area contributed by atoms with Crippen LogP contribution in [0.25, 0.3) is 0 Å². The summed E-state index contributed by atoms with van der Waals surface area (Å²) in [4.78, 5) is 0. The summed E-state index contributed by atoms with van der Waals surface area (Å²) in [5.74, 6) is 0. The van der Waals surface area contributed by atoms with E-state index in [0.717, 1.165) is 5.56 Å². The third kappa shape index (κ3) is 3.91. The Morgan fingerprint density at radius 1 is 1.47 bits per heavy atom. The van der Waals surface area contributed by atoms with Crippen molar-refractivity contribution in [1.82, 2.24) is 0 Å². The molecule has 3 unspecified atom stereocenters. The second kappa shape index (κ2) is 6.23. The van der Waals surface area contributed by atoms with Crippen LogP contribution in [0.15, 0.2) is 16.8 Å². The van der Waals surface area contributed by atoms with Gasteiger partial charge in [0.05, 0.1) is 18.8 Å². The van der Waals surface area contributed by atoms with Crippen molar-refractivity contribution in [3.8, 4) is 0 Å². The summed E-state index contributed by atoms with van der Waals surface area (Å²) < 4.78 is 10.9. The Bertz CT molecular complexity index is 262. The fourth-order valence-corrected chi connectivity index (χ4v) is 2.15. The number of nitrogens with two attached hydrogens (primary N) is 1. The topological polar surface area (TPSA) is 44.5 Å². The minimum absolute atomic E-state index is 0.0149. The van der Waals surface area contributed by atoms with E-state index in [0.29, 0.717) is 6.61 Å². The first-order valence-electron chi connectivity index (χ1n) is 5.07. The molecule has 1 aromatic rings. The van der Waals surface area contributed by atoms with E-state index >= 15 is 0 Å². The number of methoxy groups -OCH3 is 1. The third-order valence-electron chi connectivity index (χ3n) is 2.13. The molecular formula is C11H19NO2S. The highest BCUT2D eigenvalue weighted by Gasteiger charge is 2.19. The number of thiophene rings is 1. The Kier molecular flexibility index (Phi) is 5.25. The Labute approximate surface area is 95.2 Å². The van der Waals surface area contributed by atoms with Gasteiger partial charge in [0.25, 0.3) is 0 Å². The SMILES string of the molecule is COCC(C)OC(c1ccsc1)C(C)N. The first kappa shape index (κ1) is 12.6. The molecule has 3 atom stereocenters. The number of hydrogen-bond donors (Lipinski definition) is 1. The molecule has 0 saturated carbocycles. The maximum absolute atomic E-state index is 5.91. The molecule has 1 aromatic heterocycles. The van der Waals surface area contributed by atoms with Gasteiger partial charge >= 0.3 is 0 Å². The van der Waals surface area contributed by atoms with E-state index in [4.69, 9.17) is 15.2 Å². The molecular weight excluding hydrogens is 210 g/mol. The van der Waals surface area contributed by atoms with E-state index in [2.05, 4.69) is 11.4 Å². The number of rotatable bonds is 6. The van der Waals surface area contributed by atoms with Crippen molar-refractivity contribution in [2.75, 3.05) is 13.7 Å². The molecule has 0 amide bonds. The molecule has 0 bridgehead atoms. The maximum Gasteiger partial charge on any atom is 0.0985 e. The molecule has 0 aliphatic rings. The lowest BCUT2D eigenvalue weighted by atomic mass is 10.1. The van der Waals surface area contributed by atoms with Crippen LogP contribution in [0, 0.1) is 0 Å². The van der Waals surface area contributed by atoms with Crippen molar-refractivity contribution < 1.29 is 9.47 Å². The van der Waals surface area contributed by atoms with E-state index < -0.39 is 0 Å². The molecule has 86 valence electrons. The van der Waals surface area contributed by atoms with Gasteiger partial charge in [0.1, 0.15) is 0 Å². The van der Waals surface area contributed by atoms with E-state index in [9.17, 15) is 0 Å². The van der Waals surface area contributed by atoms with Crippen LogP contribution in [0.3, 0.4) is 0 Å². The van der Waals surface area contributed by atoms with Gasteiger partial charge in [-0.15, -0.1) is 0 Å². The van der Waals surface area contributed by atoms with Gasteiger partial charge in [-0.25, -0.2) is 0 Å². The summed E-state index contributed by atoms with van der Waals surface area (Å²) >= 11 is 1.66. The first-order chi connectivity index (χ1) is 7.15. The number of ether oxygens (including phenoxy) is 2. The quantitative estimate of drug-likeness (QED) is 0.813. The van der Waals surface area contributed by atoms with Crippen molar-refractivity contribution in [3.63, 3.8) is 0 Å². The second-order valence-electron chi connectivity index (χ2n) is 3.74. The first-order valence-corrected chi connectivity index (χ1v) is 6.01. The summed E-state index contributed by atoms with van der Waals surface area (Å²) in [6.07, 6.45) is 0.0206. The Balaban J connectivity index is 2.59. The Hall–Kier alpha value is -0.420. The van der Waals surface area contributed by atoms with Crippen LogP contribution in [-0.2, 0) is 9.47 Å². The second-order valence-corrected chi connectivity index (χ2v) is 4.52. The zero-order valence-corrected chi connectivity index (χ0v) is 10.3. The van der Waals surface area contributed by atoms with Crippen LogP contribution in [0.4, 0.5) is 0 Å². The van der Waals surface area contributed by atoms with Crippen molar-refractivity contribution in [2.24, 2.45) is 5.73 Å². The van der Waals surface area contributed by atoms with E-state index in [1.165, 1.54) is 0 Å². The van der Waals surface area contributed by atoms with Gasteiger partial charge in [0.2, 0.25) is 0 Å². The molecule has 3 nitrogen and oxygen atoms in total. The van der Waals surface area contributed by atoms with Crippen molar-refractivity contribution >= 4 is 11.3 Å². The molecule has 1 heterocycles. The standard InChI is InChI=1S/C11H19NO2S/c1-8(6-13-3)14-11(9(2)12)10-4-5-15-7-10/h4-5,7-9,11H,6,12H2,1-3H3. The van der Waals surface area contributed by atoms with Gasteiger partial charge < -0.3 is 15.2 Å². The minimum Gasteiger partial charge on any atom is -0.382 e. The normalized spacial score (nSPS) is 17.3. The fourth-order valence-electron chi connectivity index (χ4n) is 1.47. The largest absolute Gasteiger partial charge is 0.382 e. The van der Waals surface area contributed by atoms with Crippen molar-refractivity contribution in [3.05, 3.63) is 22.4 Å². The summed E-state index contributed by atoms with van der Waals surface area (Å²) in [6.45, 7) is 4.54. The predicted octanol–water partition coefficient (Wildman–Crippen LogP) is 2.19. The summed E-state index contributed by atoms with van der Waals surface area (Å²) in [6, 6.07) is 2.04. The molecule has 4 heteroatoms. The lowest BCUT2D eigenvalue weighted by Crippen LogP contribution is -2.30. The highest BCUT2D eigenvalue weighted by molar-refractivity contribution is 7.07. The Morgan fingerprint density at radius 2 is 2.20 bits per heavy atom. The fraction of sp³-hybridized carbons (Fsp3) is 0.636. The molecule has 15 heavy (non-hydrogen) atoms. The lowest BCUT2D eigenvalue weighted by Gasteiger charge is -2.24. The summed E-state index contributed by atoms with van der Waals surface area (Å²) in [5.41, 5.74) is 7.06. The van der Waals surface area contributed by atoms with Gasteiger partial charge in [-0.3, -0.25) is 0 Å². The lowest BCUT2D eigenvalue weighted by molar-refractivity contribution is -0.0479. The highest BCUT2D eigenvalue weighted by Crippen LogP contribution is 2.24. The zero-order valence-electron chi connectivity index (χ0n) is 9.47. The monoisotopic (exact) mass is 229 g/mol. The molecule has 0 fully saturated rings. The molecule has 0 spiro atoms. The van der Waals surface area contributed by atoms with Crippen LogP contribution >= 0.6 is 11.3 Å². The van der Waals surface area contributed by atoms with Crippen LogP contribution in [0.5, 0.6) is 0 Å². The van der Waals surface area contributed by atoms with Crippen LogP contribution in [0.2, 0.25) is 0 Å². The predicted molar refractivity (Wildman–Crippen MR) is 63.1 cm³/mol. The summed E-state index contributed by atoms with van der Waals surface area (Å²) in [7, 11) is 1.67. The molecule has 0 saturated heterocycles. The van der Waals surface area contributed by atoms with Gasteiger partial charge in [-0.05, 0) is 36.2 Å². The van der Waals surface area contributed by atoms with Crippen molar-refractivity contribution in [2.45, 2.75) is 32.1 Å². The van der Waals surface area contributed by atoms with E-state index in [1.54, 1.807) is 18.4 Å². The van der Waals surface area contributed by atoms with Crippen LogP contribution in [0.1, 0.15) is 25.5 Å². The third-order valence-corrected chi connectivity index (χ3v) is 2.83. The van der Waals surface area contributed by atoms with Gasteiger partial charge in [0, 0.05) is 13.2 Å². The average Bonchev–Trinajstić information content (AvgIpc) is 2.66. The number of hydrogen-bond acceptors (Lipinski definition) is 4. The molecule has 0 radical (unpaired) electrons. The van der Waals surface area contributed by atoms with Gasteiger partial charge in [0.15, 0.2) is 0 Å². The maximum atomic E-state index is 5.91. The van der Waals surface area contributed by atoms with Crippen molar-refractivity contribution in [1.29, 1.82) is 0 Å². The molecule has 0 aromatic carbocycles. The summed E-state index contributed by atoms with van der Waals surface area (Å²) in [5, 5.41) is 4.11. The van der Waals surface area contributed by atoms with Crippen LogP contribution < -0.4 is 5.73 Å². The molecule has 0 aliphatic heterocycles.